The van der Waals surface area contributed by atoms with Crippen LogP contribution in [-0.4, -0.2) is 48.4 Å². The van der Waals surface area contributed by atoms with Gasteiger partial charge in [-0.15, -0.1) is 0 Å². The second kappa shape index (κ2) is 7.95. The summed E-state index contributed by atoms with van der Waals surface area (Å²) in [5.74, 6) is 0.327. The van der Waals surface area contributed by atoms with E-state index in [-0.39, 0.29) is 29.1 Å². The van der Waals surface area contributed by atoms with Crippen molar-refractivity contribution in [3.05, 3.63) is 29.6 Å². The Balaban J connectivity index is 1.51. The third kappa shape index (κ3) is 5.26. The Morgan fingerprint density at radius 2 is 2.20 bits per heavy atom. The van der Waals surface area contributed by atoms with Gasteiger partial charge in [-0.2, -0.15) is 0 Å². The highest BCUT2D eigenvalue weighted by Gasteiger charge is 2.28. The van der Waals surface area contributed by atoms with Gasteiger partial charge in [-0.05, 0) is 44.6 Å². The smallest absolute Gasteiger partial charge is 0.270 e. The molecule has 1 saturated heterocycles. The Bertz CT molecular complexity index is 761. The molecule has 0 saturated carbocycles. The molecule has 1 amide bonds. The molecule has 0 spiro atoms. The number of nitrogens with zero attached hydrogens (tertiary/aromatic N) is 2. The van der Waals surface area contributed by atoms with Gasteiger partial charge in [0.1, 0.15) is 5.69 Å². The van der Waals surface area contributed by atoms with Gasteiger partial charge in [0.05, 0.1) is 11.5 Å². The van der Waals surface area contributed by atoms with Gasteiger partial charge in [0.15, 0.2) is 9.84 Å². The lowest BCUT2D eigenvalue weighted by atomic mass is 9.97. The van der Waals surface area contributed by atoms with E-state index in [0.717, 1.165) is 19.3 Å². The topological polar surface area (TPSA) is 101 Å². The summed E-state index contributed by atoms with van der Waals surface area (Å²) in [6.07, 6.45) is 9.96. The molecule has 1 atom stereocenters. The fourth-order valence-corrected chi connectivity index (χ4v) is 4.88. The van der Waals surface area contributed by atoms with E-state index in [0.29, 0.717) is 18.9 Å². The molecule has 2 N–H and O–H groups in total. The van der Waals surface area contributed by atoms with E-state index in [1.165, 1.54) is 24.6 Å². The number of aromatic nitrogens is 2. The van der Waals surface area contributed by atoms with Gasteiger partial charge in [0.2, 0.25) is 5.95 Å². The molecule has 3 rings (SSSR count). The molecule has 1 unspecified atom stereocenters. The van der Waals surface area contributed by atoms with Crippen molar-refractivity contribution in [1.29, 1.82) is 0 Å². The van der Waals surface area contributed by atoms with Crippen molar-refractivity contribution in [2.75, 3.05) is 23.4 Å². The molecule has 8 heteroatoms. The van der Waals surface area contributed by atoms with Crippen molar-refractivity contribution < 1.29 is 13.2 Å². The summed E-state index contributed by atoms with van der Waals surface area (Å²) >= 11 is 0. The Labute approximate surface area is 148 Å². The first-order chi connectivity index (χ1) is 12.0. The summed E-state index contributed by atoms with van der Waals surface area (Å²) in [6.45, 7) is 0.596. The number of carbonyl (C=O) groups is 1. The molecule has 2 aliphatic rings. The van der Waals surface area contributed by atoms with Gasteiger partial charge in [-0.1, -0.05) is 11.6 Å². The van der Waals surface area contributed by atoms with Crippen molar-refractivity contribution in [2.24, 2.45) is 0 Å². The van der Waals surface area contributed by atoms with E-state index in [9.17, 15) is 13.2 Å². The zero-order valence-electron chi connectivity index (χ0n) is 14.2. The summed E-state index contributed by atoms with van der Waals surface area (Å²) < 4.78 is 23.0. The number of anilines is 1. The molecule has 1 aliphatic heterocycles. The number of rotatable bonds is 6. The van der Waals surface area contributed by atoms with Gasteiger partial charge >= 0.3 is 0 Å². The van der Waals surface area contributed by atoms with Crippen LogP contribution in [0, 0.1) is 0 Å². The van der Waals surface area contributed by atoms with Crippen LogP contribution in [0.4, 0.5) is 5.95 Å². The van der Waals surface area contributed by atoms with Crippen molar-refractivity contribution in [3.8, 4) is 0 Å². The molecule has 25 heavy (non-hydrogen) atoms. The first-order valence-electron chi connectivity index (χ1n) is 8.78. The minimum absolute atomic E-state index is 0.0852. The van der Waals surface area contributed by atoms with Gasteiger partial charge < -0.3 is 10.6 Å². The maximum absolute atomic E-state index is 12.2. The lowest BCUT2D eigenvalue weighted by Crippen LogP contribution is -2.27. The molecule has 1 aromatic heterocycles. The summed E-state index contributed by atoms with van der Waals surface area (Å²) in [7, 11) is -2.97. The van der Waals surface area contributed by atoms with Crippen LogP contribution in [0.1, 0.15) is 49.0 Å². The van der Waals surface area contributed by atoms with E-state index in [2.05, 4.69) is 26.7 Å². The molecule has 1 fully saturated rings. The predicted octanol–water partition coefficient (Wildman–Crippen LogP) is 1.70. The third-order valence-electron chi connectivity index (χ3n) is 4.57. The minimum Gasteiger partial charge on any atom is -0.350 e. The van der Waals surface area contributed by atoms with Crippen LogP contribution in [0.15, 0.2) is 23.9 Å². The first kappa shape index (κ1) is 17.8. The highest BCUT2D eigenvalue weighted by atomic mass is 32.2. The minimum atomic E-state index is -2.97. The molecule has 0 bridgehead atoms. The Morgan fingerprint density at radius 1 is 1.32 bits per heavy atom. The van der Waals surface area contributed by atoms with Crippen LogP contribution in [-0.2, 0) is 9.84 Å². The second-order valence-electron chi connectivity index (χ2n) is 6.62. The summed E-state index contributed by atoms with van der Waals surface area (Å²) in [4.78, 5) is 20.5. The quantitative estimate of drug-likeness (QED) is 0.745. The average molecular weight is 364 g/mol. The zero-order chi connectivity index (χ0) is 17.7. The molecule has 0 aromatic carbocycles. The van der Waals surface area contributed by atoms with Crippen LogP contribution < -0.4 is 10.6 Å². The Morgan fingerprint density at radius 3 is 2.92 bits per heavy atom. The fourth-order valence-electron chi connectivity index (χ4n) is 3.20. The van der Waals surface area contributed by atoms with Crippen molar-refractivity contribution >= 4 is 21.7 Å². The van der Waals surface area contributed by atoms with Crippen molar-refractivity contribution in [1.82, 2.24) is 15.3 Å². The normalized spacial score (nSPS) is 22.2. The number of nitrogens with one attached hydrogen (secondary N) is 2. The average Bonchev–Trinajstić information content (AvgIpc) is 2.94. The maximum atomic E-state index is 12.2. The monoisotopic (exact) mass is 364 g/mol. The summed E-state index contributed by atoms with van der Waals surface area (Å²) in [5, 5.41) is 5.90. The fraction of sp³-hybridized carbons (Fsp3) is 0.588. The van der Waals surface area contributed by atoms with Crippen LogP contribution >= 0.6 is 0 Å². The zero-order valence-corrected chi connectivity index (χ0v) is 15.0. The molecule has 1 aliphatic carbocycles. The summed E-state index contributed by atoms with van der Waals surface area (Å²) in [5.41, 5.74) is 1.70. The van der Waals surface area contributed by atoms with E-state index in [4.69, 9.17) is 0 Å². The highest BCUT2D eigenvalue weighted by Crippen LogP contribution is 2.19. The Kier molecular flexibility index (Phi) is 5.67. The van der Waals surface area contributed by atoms with E-state index < -0.39 is 9.84 Å². The van der Waals surface area contributed by atoms with Gasteiger partial charge in [-0.25, -0.2) is 18.4 Å². The van der Waals surface area contributed by atoms with Gasteiger partial charge in [0.25, 0.3) is 5.91 Å². The molecule has 7 nitrogen and oxygen atoms in total. The maximum Gasteiger partial charge on any atom is 0.270 e. The lowest BCUT2D eigenvalue weighted by molar-refractivity contribution is 0.0949. The van der Waals surface area contributed by atoms with Crippen LogP contribution in [0.5, 0.6) is 0 Å². The number of hydrogen-bond donors (Lipinski definition) is 2. The summed E-state index contributed by atoms with van der Waals surface area (Å²) in [6, 6.07) is 1.37. The highest BCUT2D eigenvalue weighted by molar-refractivity contribution is 7.91. The molecule has 136 valence electrons. The molecular weight excluding hydrogens is 340 g/mol. The number of allylic oxidation sites excluding steroid dienone is 1. The number of amides is 1. The van der Waals surface area contributed by atoms with Gasteiger partial charge in [0, 0.05) is 18.8 Å². The van der Waals surface area contributed by atoms with E-state index in [1.54, 1.807) is 6.07 Å². The van der Waals surface area contributed by atoms with E-state index >= 15 is 0 Å². The van der Waals surface area contributed by atoms with Gasteiger partial charge in [-0.3, -0.25) is 4.79 Å². The third-order valence-corrected chi connectivity index (χ3v) is 6.34. The molecular formula is C17H24N4O3S. The SMILES string of the molecule is O=C(NCCC1=CCCCC1)c1ccnc(NC2CCS(=O)(=O)C2)n1. The Hall–Kier alpha value is -1.96. The second-order valence-corrected chi connectivity index (χ2v) is 8.85. The van der Waals surface area contributed by atoms with Crippen molar-refractivity contribution in [3.63, 3.8) is 0 Å². The molecule has 2 heterocycles. The van der Waals surface area contributed by atoms with E-state index in [1.807, 2.05) is 0 Å². The largest absolute Gasteiger partial charge is 0.350 e. The van der Waals surface area contributed by atoms with Crippen molar-refractivity contribution in [2.45, 2.75) is 44.6 Å². The number of carbonyl (C=O) groups excluding carboxylic acids is 1. The van der Waals surface area contributed by atoms with Crippen LogP contribution in [0.2, 0.25) is 0 Å². The predicted molar refractivity (Wildman–Crippen MR) is 96.2 cm³/mol. The molecule has 0 radical (unpaired) electrons. The first-order valence-corrected chi connectivity index (χ1v) is 10.6. The number of sulfone groups is 1. The van der Waals surface area contributed by atoms with Crippen LogP contribution in [0.25, 0.3) is 0 Å². The lowest BCUT2D eigenvalue weighted by Gasteiger charge is -2.13. The molecule has 1 aromatic rings. The number of hydrogen-bond acceptors (Lipinski definition) is 6. The standard InChI is InChI=1S/C17H24N4O3S/c22-16(18-9-6-13-4-2-1-3-5-13)15-7-10-19-17(21-15)20-14-8-11-25(23,24)12-14/h4,7,10,14H,1-3,5-6,8-9,11-12H2,(H,18,22)(H,19,20,21). The van der Waals surface area contributed by atoms with Crippen LogP contribution in [0.3, 0.4) is 0 Å².